The van der Waals surface area contributed by atoms with Crippen molar-refractivity contribution >= 4 is 17.4 Å². The second kappa shape index (κ2) is 6.45. The van der Waals surface area contributed by atoms with Crippen LogP contribution in [0.3, 0.4) is 0 Å². The van der Waals surface area contributed by atoms with Crippen molar-refractivity contribution in [1.82, 2.24) is 15.0 Å². The lowest BCUT2D eigenvalue weighted by Gasteiger charge is -2.03. The van der Waals surface area contributed by atoms with Crippen molar-refractivity contribution in [2.24, 2.45) is 0 Å². The number of carbonyl (C=O) groups is 1. The fraction of sp³-hybridized carbons (Fsp3) is 0.0588. The molecule has 0 bridgehead atoms. The second-order valence-electron chi connectivity index (χ2n) is 4.71. The number of aromatic nitrogens is 3. The molecule has 3 rings (SSSR count). The lowest BCUT2D eigenvalue weighted by Crippen LogP contribution is -2.06. The number of ketones is 1. The Hall–Kier alpha value is -2.59. The summed E-state index contributed by atoms with van der Waals surface area (Å²) in [6.07, 6.45) is 5.23. The van der Waals surface area contributed by atoms with Gasteiger partial charge in [-0.25, -0.2) is 9.97 Å². The van der Waals surface area contributed by atoms with Gasteiger partial charge in [-0.1, -0.05) is 17.7 Å². The highest BCUT2D eigenvalue weighted by Gasteiger charge is 2.09. The molecule has 22 heavy (non-hydrogen) atoms. The van der Waals surface area contributed by atoms with E-state index in [4.69, 9.17) is 11.6 Å². The summed E-state index contributed by atoms with van der Waals surface area (Å²) in [6, 6.07) is 12.4. The second-order valence-corrected chi connectivity index (χ2v) is 5.15. The van der Waals surface area contributed by atoms with Gasteiger partial charge in [0.05, 0.1) is 12.1 Å². The highest BCUT2D eigenvalue weighted by molar-refractivity contribution is 6.30. The van der Waals surface area contributed by atoms with E-state index in [-0.39, 0.29) is 12.2 Å². The minimum Gasteiger partial charge on any atom is -0.294 e. The molecule has 0 saturated heterocycles. The van der Waals surface area contributed by atoms with E-state index in [1.165, 1.54) is 0 Å². The zero-order valence-electron chi connectivity index (χ0n) is 11.6. The Morgan fingerprint density at radius 1 is 0.955 bits per heavy atom. The Kier molecular flexibility index (Phi) is 4.21. The zero-order chi connectivity index (χ0) is 15.4. The lowest BCUT2D eigenvalue weighted by molar-refractivity contribution is 0.0991. The van der Waals surface area contributed by atoms with E-state index in [1.807, 2.05) is 18.2 Å². The number of carbonyl (C=O) groups excluding carboxylic acids is 1. The van der Waals surface area contributed by atoms with Crippen LogP contribution >= 0.6 is 11.6 Å². The molecule has 0 saturated carbocycles. The molecular weight excluding hydrogens is 298 g/mol. The Balaban J connectivity index is 1.73. The minimum absolute atomic E-state index is 0.0396. The predicted octanol–water partition coefficient (Wildman–Crippen LogP) is 3.62. The zero-order valence-corrected chi connectivity index (χ0v) is 12.4. The van der Waals surface area contributed by atoms with E-state index in [0.29, 0.717) is 16.4 Å². The summed E-state index contributed by atoms with van der Waals surface area (Å²) in [5.41, 5.74) is 2.23. The van der Waals surface area contributed by atoms with Crippen molar-refractivity contribution in [2.45, 2.75) is 6.42 Å². The standard InChI is InChI=1S/C17H12ClN3O/c18-14-6-4-12(5-7-14)16(22)9-17-20-10-13(11-21-17)15-3-1-2-8-19-15/h1-8,10-11H,9H2. The van der Waals surface area contributed by atoms with Crippen LogP contribution in [0.1, 0.15) is 16.2 Å². The Bertz CT molecular complexity index is 771. The molecular formula is C17H12ClN3O. The largest absolute Gasteiger partial charge is 0.294 e. The Morgan fingerprint density at radius 3 is 2.32 bits per heavy atom. The van der Waals surface area contributed by atoms with Crippen molar-refractivity contribution < 1.29 is 4.79 Å². The van der Waals surface area contributed by atoms with E-state index in [2.05, 4.69) is 15.0 Å². The molecule has 0 fully saturated rings. The fourth-order valence-electron chi connectivity index (χ4n) is 1.99. The molecule has 5 heteroatoms. The van der Waals surface area contributed by atoms with Gasteiger partial charge in [-0.15, -0.1) is 0 Å². The molecule has 0 radical (unpaired) electrons. The molecule has 4 nitrogen and oxygen atoms in total. The lowest BCUT2D eigenvalue weighted by atomic mass is 10.1. The maximum atomic E-state index is 12.1. The third-order valence-electron chi connectivity index (χ3n) is 3.15. The van der Waals surface area contributed by atoms with Crippen LogP contribution in [0.15, 0.2) is 61.1 Å². The highest BCUT2D eigenvalue weighted by atomic mass is 35.5. The van der Waals surface area contributed by atoms with Crippen LogP contribution in [-0.2, 0) is 6.42 Å². The van der Waals surface area contributed by atoms with Gasteiger partial charge >= 0.3 is 0 Å². The average molecular weight is 310 g/mol. The minimum atomic E-state index is -0.0396. The van der Waals surface area contributed by atoms with Gasteiger partial charge in [0.15, 0.2) is 5.78 Å². The molecule has 3 aromatic rings. The molecule has 0 unspecified atom stereocenters. The van der Waals surface area contributed by atoms with Crippen molar-refractivity contribution in [2.75, 3.05) is 0 Å². The van der Waals surface area contributed by atoms with E-state index in [9.17, 15) is 4.79 Å². The fourth-order valence-corrected chi connectivity index (χ4v) is 2.12. The normalized spacial score (nSPS) is 10.4. The smallest absolute Gasteiger partial charge is 0.170 e. The summed E-state index contributed by atoms with van der Waals surface area (Å²) >= 11 is 5.81. The van der Waals surface area contributed by atoms with Gasteiger partial charge in [-0.2, -0.15) is 0 Å². The number of hydrogen-bond donors (Lipinski definition) is 0. The SMILES string of the molecule is O=C(Cc1ncc(-c2ccccn2)cn1)c1ccc(Cl)cc1. The van der Waals surface area contributed by atoms with Gasteiger partial charge in [-0.05, 0) is 36.4 Å². The van der Waals surface area contributed by atoms with Crippen molar-refractivity contribution in [1.29, 1.82) is 0 Å². The molecule has 0 spiro atoms. The summed E-state index contributed by atoms with van der Waals surface area (Å²) in [7, 11) is 0. The molecule has 108 valence electrons. The summed E-state index contributed by atoms with van der Waals surface area (Å²) in [5.74, 6) is 0.446. The van der Waals surface area contributed by atoms with Crippen LogP contribution < -0.4 is 0 Å². The first-order valence-electron chi connectivity index (χ1n) is 6.73. The van der Waals surface area contributed by atoms with Gasteiger partial charge in [0.25, 0.3) is 0 Å². The van der Waals surface area contributed by atoms with Crippen LogP contribution in [0.25, 0.3) is 11.3 Å². The summed E-state index contributed by atoms with van der Waals surface area (Å²) in [5, 5.41) is 0.604. The third kappa shape index (κ3) is 3.35. The molecule has 2 heterocycles. The van der Waals surface area contributed by atoms with E-state index < -0.39 is 0 Å². The number of benzene rings is 1. The summed E-state index contributed by atoms with van der Waals surface area (Å²) < 4.78 is 0. The molecule has 0 atom stereocenters. The maximum absolute atomic E-state index is 12.1. The van der Waals surface area contributed by atoms with Gasteiger partial charge in [0, 0.05) is 34.7 Å². The number of halogens is 1. The van der Waals surface area contributed by atoms with Crippen LogP contribution in [0.4, 0.5) is 0 Å². The number of hydrogen-bond acceptors (Lipinski definition) is 4. The molecule has 0 aliphatic carbocycles. The number of rotatable bonds is 4. The third-order valence-corrected chi connectivity index (χ3v) is 3.40. The first kappa shape index (κ1) is 14.4. The number of pyridine rings is 1. The Morgan fingerprint density at radius 2 is 1.68 bits per heavy atom. The topological polar surface area (TPSA) is 55.7 Å². The molecule has 0 aliphatic heterocycles. The highest BCUT2D eigenvalue weighted by Crippen LogP contribution is 2.14. The van der Waals surface area contributed by atoms with Crippen LogP contribution in [0, 0.1) is 0 Å². The monoisotopic (exact) mass is 309 g/mol. The molecule has 0 N–H and O–H groups in total. The Labute approximate surface area is 132 Å². The van der Waals surface area contributed by atoms with Crippen molar-refractivity contribution in [3.05, 3.63) is 77.5 Å². The summed E-state index contributed by atoms with van der Waals surface area (Å²) in [4.78, 5) is 24.9. The first-order valence-corrected chi connectivity index (χ1v) is 7.11. The van der Waals surface area contributed by atoms with E-state index >= 15 is 0 Å². The maximum Gasteiger partial charge on any atom is 0.170 e. The van der Waals surface area contributed by atoms with Gasteiger partial charge < -0.3 is 0 Å². The number of nitrogens with zero attached hydrogens (tertiary/aromatic N) is 3. The van der Waals surface area contributed by atoms with Crippen molar-refractivity contribution in [3.63, 3.8) is 0 Å². The molecule has 0 aliphatic rings. The predicted molar refractivity (Wildman–Crippen MR) is 84.7 cm³/mol. The van der Waals surface area contributed by atoms with Gasteiger partial charge in [0.2, 0.25) is 0 Å². The van der Waals surface area contributed by atoms with E-state index in [0.717, 1.165) is 11.3 Å². The van der Waals surface area contributed by atoms with Crippen molar-refractivity contribution in [3.8, 4) is 11.3 Å². The van der Waals surface area contributed by atoms with E-state index in [1.54, 1.807) is 42.9 Å². The van der Waals surface area contributed by atoms with Crippen LogP contribution in [0.2, 0.25) is 5.02 Å². The molecule has 2 aromatic heterocycles. The summed E-state index contributed by atoms with van der Waals surface area (Å²) in [6.45, 7) is 0. The van der Waals surface area contributed by atoms with Gasteiger partial charge in [-0.3, -0.25) is 9.78 Å². The first-order chi connectivity index (χ1) is 10.7. The quantitative estimate of drug-likeness (QED) is 0.691. The van der Waals surface area contributed by atoms with Crippen LogP contribution in [0.5, 0.6) is 0 Å². The van der Waals surface area contributed by atoms with Crippen LogP contribution in [-0.4, -0.2) is 20.7 Å². The molecule has 0 amide bonds. The molecule has 1 aromatic carbocycles. The number of Topliss-reactive ketones (excluding diaryl/α,β-unsaturated/α-hetero) is 1. The van der Waals surface area contributed by atoms with Gasteiger partial charge in [0.1, 0.15) is 5.82 Å². The average Bonchev–Trinajstić information content (AvgIpc) is 2.57.